The lowest BCUT2D eigenvalue weighted by Gasteiger charge is -2.31. The monoisotopic (exact) mass is 539 g/mol. The summed E-state index contributed by atoms with van der Waals surface area (Å²) in [4.78, 5) is 48.4. The summed E-state index contributed by atoms with van der Waals surface area (Å²) in [5.74, 6) is -3.36. The standard InChI is InChI=1S/C27H41NO10/c1-6-9-10-11-22(29)36-18(5)17(4)23(24(28)25(30)31)19-12-13-20(37-26(32)34-14-7-2)21(16-19)38-27(33)35-15-8-3/h12-13,16-18,23-24H,6-11,14-15,28H2,1-5H3,(H,30,31)/t17?,18?,23?,24-/m0/s1. The molecule has 0 aliphatic heterocycles. The lowest BCUT2D eigenvalue weighted by atomic mass is 9.79. The van der Waals surface area contributed by atoms with Gasteiger partial charge in [0.15, 0.2) is 11.5 Å². The van der Waals surface area contributed by atoms with E-state index >= 15 is 0 Å². The molecule has 0 fully saturated rings. The highest BCUT2D eigenvalue weighted by molar-refractivity contribution is 5.75. The van der Waals surface area contributed by atoms with Gasteiger partial charge in [0.25, 0.3) is 0 Å². The van der Waals surface area contributed by atoms with Crippen molar-refractivity contribution in [2.45, 2.75) is 91.2 Å². The maximum absolute atomic E-state index is 12.3. The van der Waals surface area contributed by atoms with Crippen molar-refractivity contribution in [2.75, 3.05) is 13.2 Å². The van der Waals surface area contributed by atoms with Crippen LogP contribution in [-0.4, -0.2) is 54.7 Å². The van der Waals surface area contributed by atoms with Gasteiger partial charge in [0.2, 0.25) is 0 Å². The van der Waals surface area contributed by atoms with E-state index in [9.17, 15) is 24.3 Å². The summed E-state index contributed by atoms with van der Waals surface area (Å²) in [6.07, 6.45) is 1.26. The first-order chi connectivity index (χ1) is 18.0. The first-order valence-electron chi connectivity index (χ1n) is 13.1. The van der Waals surface area contributed by atoms with E-state index in [0.717, 1.165) is 12.8 Å². The Morgan fingerprint density at radius 1 is 0.868 bits per heavy atom. The van der Waals surface area contributed by atoms with Gasteiger partial charge in [-0.05, 0) is 43.9 Å². The third-order valence-corrected chi connectivity index (χ3v) is 5.87. The van der Waals surface area contributed by atoms with Gasteiger partial charge < -0.3 is 34.5 Å². The molecule has 3 unspecified atom stereocenters. The molecule has 11 nitrogen and oxygen atoms in total. The molecular weight excluding hydrogens is 498 g/mol. The maximum Gasteiger partial charge on any atom is 0.513 e. The lowest BCUT2D eigenvalue weighted by molar-refractivity contribution is -0.151. The van der Waals surface area contributed by atoms with Crippen LogP contribution in [0.15, 0.2) is 18.2 Å². The van der Waals surface area contributed by atoms with Crippen molar-refractivity contribution >= 4 is 24.2 Å². The second-order valence-corrected chi connectivity index (χ2v) is 9.01. The van der Waals surface area contributed by atoms with Gasteiger partial charge in [0.05, 0.1) is 13.2 Å². The molecule has 0 aliphatic rings. The number of ether oxygens (including phenoxy) is 5. The summed E-state index contributed by atoms with van der Waals surface area (Å²) in [6.45, 7) is 9.29. The van der Waals surface area contributed by atoms with E-state index in [0.29, 0.717) is 24.8 Å². The van der Waals surface area contributed by atoms with Gasteiger partial charge >= 0.3 is 24.2 Å². The molecule has 4 atom stereocenters. The van der Waals surface area contributed by atoms with Crippen LogP contribution in [0, 0.1) is 5.92 Å². The zero-order chi connectivity index (χ0) is 28.7. The minimum Gasteiger partial charge on any atom is -0.480 e. The number of carboxylic acids is 1. The molecule has 214 valence electrons. The number of nitrogens with two attached hydrogens (primary N) is 1. The first kappa shape index (κ1) is 32.7. The van der Waals surface area contributed by atoms with E-state index in [1.54, 1.807) is 13.8 Å². The number of rotatable bonds is 16. The van der Waals surface area contributed by atoms with E-state index in [-0.39, 0.29) is 37.1 Å². The number of carbonyl (C=O) groups excluding carboxylic acids is 3. The van der Waals surface area contributed by atoms with E-state index in [1.807, 2.05) is 20.8 Å². The van der Waals surface area contributed by atoms with Crippen molar-refractivity contribution in [1.82, 2.24) is 0 Å². The van der Waals surface area contributed by atoms with Crippen LogP contribution in [0.3, 0.4) is 0 Å². The molecule has 0 aliphatic carbocycles. The predicted octanol–water partition coefficient (Wildman–Crippen LogP) is 5.18. The molecule has 3 N–H and O–H groups in total. The van der Waals surface area contributed by atoms with Gasteiger partial charge in [-0.3, -0.25) is 9.59 Å². The number of aliphatic carboxylic acids is 1. The highest BCUT2D eigenvalue weighted by atomic mass is 16.7. The second-order valence-electron chi connectivity index (χ2n) is 9.01. The van der Waals surface area contributed by atoms with E-state index in [2.05, 4.69) is 0 Å². The minimum absolute atomic E-state index is 0.109. The quantitative estimate of drug-likeness (QED) is 0.123. The van der Waals surface area contributed by atoms with Gasteiger partial charge in [0, 0.05) is 18.3 Å². The SMILES string of the molecule is CCCCCC(=O)OC(C)C(C)C(c1ccc(OC(=O)OCCC)c(OC(=O)OCCC)c1)[C@H](N)C(=O)O. The van der Waals surface area contributed by atoms with Gasteiger partial charge in [-0.1, -0.05) is 46.6 Å². The molecule has 0 radical (unpaired) electrons. The van der Waals surface area contributed by atoms with Crippen LogP contribution in [0.1, 0.15) is 84.6 Å². The lowest BCUT2D eigenvalue weighted by Crippen LogP contribution is -2.42. The topological polar surface area (TPSA) is 161 Å². The highest BCUT2D eigenvalue weighted by Gasteiger charge is 2.36. The molecule has 1 aromatic carbocycles. The van der Waals surface area contributed by atoms with E-state index < -0.39 is 42.3 Å². The molecule has 1 aromatic rings. The fourth-order valence-corrected chi connectivity index (χ4v) is 3.68. The fraction of sp³-hybridized carbons (Fsp3) is 0.630. The molecule has 0 saturated carbocycles. The van der Waals surface area contributed by atoms with Crippen LogP contribution in [0.25, 0.3) is 0 Å². The van der Waals surface area contributed by atoms with Gasteiger partial charge in [-0.2, -0.15) is 0 Å². The van der Waals surface area contributed by atoms with Crippen LogP contribution >= 0.6 is 0 Å². The fourth-order valence-electron chi connectivity index (χ4n) is 3.68. The first-order valence-corrected chi connectivity index (χ1v) is 13.1. The maximum atomic E-state index is 12.3. The summed E-state index contributed by atoms with van der Waals surface area (Å²) in [5.41, 5.74) is 6.44. The highest BCUT2D eigenvalue weighted by Crippen LogP contribution is 2.37. The molecule has 0 bridgehead atoms. The normalized spacial score (nSPS) is 13.9. The van der Waals surface area contributed by atoms with Crippen molar-refractivity contribution in [1.29, 1.82) is 0 Å². The second kappa shape index (κ2) is 17.2. The summed E-state index contributed by atoms with van der Waals surface area (Å²) in [6, 6.07) is 2.83. The Labute approximate surface area is 223 Å². The number of carbonyl (C=O) groups is 4. The number of carboxylic acid groups (broad SMARTS) is 1. The minimum atomic E-state index is -1.38. The Kier molecular flexibility index (Phi) is 14.8. The number of hydrogen-bond donors (Lipinski definition) is 2. The van der Waals surface area contributed by atoms with Crippen molar-refractivity contribution in [3.63, 3.8) is 0 Å². The average molecular weight is 540 g/mol. The number of unbranched alkanes of at least 4 members (excludes halogenated alkanes) is 2. The van der Waals surface area contributed by atoms with E-state index in [1.165, 1.54) is 18.2 Å². The van der Waals surface area contributed by atoms with Crippen LogP contribution in [0.2, 0.25) is 0 Å². The average Bonchev–Trinajstić information content (AvgIpc) is 2.87. The van der Waals surface area contributed by atoms with Crippen molar-refractivity contribution in [2.24, 2.45) is 11.7 Å². The molecule has 0 saturated heterocycles. The van der Waals surface area contributed by atoms with Crippen LogP contribution < -0.4 is 15.2 Å². The summed E-state index contributed by atoms with van der Waals surface area (Å²) in [7, 11) is 0. The summed E-state index contributed by atoms with van der Waals surface area (Å²) < 4.78 is 25.9. The molecule has 0 amide bonds. The van der Waals surface area contributed by atoms with Crippen molar-refractivity contribution < 1.29 is 48.0 Å². The Bertz CT molecular complexity index is 919. The summed E-state index contributed by atoms with van der Waals surface area (Å²) in [5, 5.41) is 9.71. The van der Waals surface area contributed by atoms with Gasteiger partial charge in [-0.25, -0.2) is 9.59 Å². The molecule has 0 heterocycles. The Morgan fingerprint density at radius 3 is 1.97 bits per heavy atom. The third kappa shape index (κ3) is 11.0. The zero-order valence-electron chi connectivity index (χ0n) is 22.9. The smallest absolute Gasteiger partial charge is 0.480 e. The van der Waals surface area contributed by atoms with Crippen LogP contribution in [0.5, 0.6) is 11.5 Å². The van der Waals surface area contributed by atoms with E-state index in [4.69, 9.17) is 29.4 Å². The van der Waals surface area contributed by atoms with Crippen LogP contribution in [-0.2, 0) is 23.8 Å². The molecule has 11 heteroatoms. The molecule has 38 heavy (non-hydrogen) atoms. The Hall–Kier alpha value is -3.34. The predicted molar refractivity (Wildman–Crippen MR) is 138 cm³/mol. The number of benzene rings is 1. The van der Waals surface area contributed by atoms with Crippen molar-refractivity contribution in [3.8, 4) is 11.5 Å². The third-order valence-electron chi connectivity index (χ3n) is 5.87. The Morgan fingerprint density at radius 2 is 1.45 bits per heavy atom. The zero-order valence-corrected chi connectivity index (χ0v) is 22.9. The van der Waals surface area contributed by atoms with Crippen LogP contribution in [0.4, 0.5) is 9.59 Å². The Balaban J connectivity index is 3.32. The molecular formula is C27H41NO10. The number of hydrogen-bond acceptors (Lipinski definition) is 10. The van der Waals surface area contributed by atoms with Crippen molar-refractivity contribution in [3.05, 3.63) is 23.8 Å². The largest absolute Gasteiger partial charge is 0.513 e. The van der Waals surface area contributed by atoms with Gasteiger partial charge in [-0.15, -0.1) is 0 Å². The summed E-state index contributed by atoms with van der Waals surface area (Å²) >= 11 is 0. The number of esters is 1. The molecule has 0 spiro atoms. The van der Waals surface area contributed by atoms with Gasteiger partial charge in [0.1, 0.15) is 12.1 Å². The molecule has 0 aromatic heterocycles. The molecule has 1 rings (SSSR count).